The molecule has 0 aliphatic heterocycles. The number of hydrogen-bond acceptors (Lipinski definition) is 3. The Labute approximate surface area is 72.0 Å². The second kappa shape index (κ2) is 2.33. The van der Waals surface area contributed by atoms with Crippen molar-refractivity contribution in [2.75, 3.05) is 0 Å². The van der Waals surface area contributed by atoms with Crippen molar-refractivity contribution in [3.63, 3.8) is 0 Å². The molecule has 1 heterocycles. The molecule has 0 unspecified atom stereocenters. The predicted molar refractivity (Wildman–Crippen MR) is 45.7 cm³/mol. The lowest BCUT2D eigenvalue weighted by atomic mass is 10.2. The van der Waals surface area contributed by atoms with E-state index >= 15 is 0 Å². The van der Waals surface area contributed by atoms with Crippen molar-refractivity contribution < 1.29 is 4.42 Å². The molecule has 3 heteroatoms. The summed E-state index contributed by atoms with van der Waals surface area (Å²) in [6.07, 6.45) is 3.77. The minimum Gasteiger partial charge on any atom is -0.448 e. The summed E-state index contributed by atoms with van der Waals surface area (Å²) in [5.41, 5.74) is 6.73. The van der Waals surface area contributed by atoms with Crippen molar-refractivity contribution in [1.29, 1.82) is 0 Å². The van der Waals surface area contributed by atoms with Crippen LogP contribution in [-0.2, 0) is 5.54 Å². The first-order chi connectivity index (χ1) is 5.62. The number of rotatable bonds is 2. The highest BCUT2D eigenvalue weighted by Crippen LogP contribution is 2.42. The van der Waals surface area contributed by atoms with Crippen LogP contribution in [0.3, 0.4) is 0 Å². The van der Waals surface area contributed by atoms with Gasteiger partial charge in [0.1, 0.15) is 6.26 Å². The first-order valence-electron chi connectivity index (χ1n) is 4.36. The Morgan fingerprint density at radius 2 is 2.25 bits per heavy atom. The van der Waals surface area contributed by atoms with Crippen LogP contribution in [0.4, 0.5) is 0 Å². The monoisotopic (exact) mass is 166 g/mol. The number of nitrogens with zero attached hydrogens (tertiary/aromatic N) is 1. The van der Waals surface area contributed by atoms with E-state index in [2.05, 4.69) is 18.8 Å². The highest BCUT2D eigenvalue weighted by molar-refractivity contribution is 5.19. The molecule has 0 bridgehead atoms. The van der Waals surface area contributed by atoms with Crippen LogP contribution >= 0.6 is 0 Å². The molecule has 1 fully saturated rings. The summed E-state index contributed by atoms with van der Waals surface area (Å²) in [6.45, 7) is 4.12. The van der Waals surface area contributed by atoms with Gasteiger partial charge in [0.2, 0.25) is 0 Å². The van der Waals surface area contributed by atoms with Gasteiger partial charge in [0, 0.05) is 5.92 Å². The lowest BCUT2D eigenvalue weighted by Crippen LogP contribution is -2.19. The molecule has 0 amide bonds. The maximum Gasteiger partial charge on any atom is 0.196 e. The lowest BCUT2D eigenvalue weighted by molar-refractivity contribution is 0.470. The van der Waals surface area contributed by atoms with Crippen LogP contribution in [0.1, 0.15) is 44.2 Å². The third kappa shape index (κ3) is 1.14. The van der Waals surface area contributed by atoms with Crippen molar-refractivity contribution in [3.8, 4) is 0 Å². The second-order valence-electron chi connectivity index (χ2n) is 3.88. The van der Waals surface area contributed by atoms with Crippen molar-refractivity contribution >= 4 is 0 Å². The summed E-state index contributed by atoms with van der Waals surface area (Å²) in [4.78, 5) is 4.35. The topological polar surface area (TPSA) is 52.0 Å². The molecule has 0 atom stereocenters. The van der Waals surface area contributed by atoms with Crippen molar-refractivity contribution in [2.24, 2.45) is 5.73 Å². The van der Waals surface area contributed by atoms with E-state index in [0.29, 0.717) is 5.92 Å². The molecule has 0 saturated heterocycles. The normalized spacial score (nSPS) is 20.0. The van der Waals surface area contributed by atoms with E-state index in [-0.39, 0.29) is 5.54 Å². The van der Waals surface area contributed by atoms with E-state index in [0.717, 1.165) is 24.4 Å². The Bertz CT molecular complexity index is 286. The van der Waals surface area contributed by atoms with E-state index in [1.54, 1.807) is 6.26 Å². The molecule has 0 radical (unpaired) electrons. The minimum atomic E-state index is -0.156. The highest BCUT2D eigenvalue weighted by atomic mass is 16.3. The summed E-state index contributed by atoms with van der Waals surface area (Å²) in [5, 5.41) is 0. The molecule has 2 N–H and O–H groups in total. The fourth-order valence-corrected chi connectivity index (χ4v) is 1.17. The van der Waals surface area contributed by atoms with Crippen LogP contribution in [0.15, 0.2) is 10.7 Å². The standard InChI is InChI=1S/C9H14N2O/c1-6(2)8-11-7(5-12-8)9(10)3-4-9/h5-6H,3-4,10H2,1-2H3. The molecular formula is C9H14N2O. The van der Waals surface area contributed by atoms with E-state index < -0.39 is 0 Å². The molecule has 66 valence electrons. The average Bonchev–Trinajstić information content (AvgIpc) is 2.61. The van der Waals surface area contributed by atoms with Gasteiger partial charge in [-0.25, -0.2) is 4.98 Å². The van der Waals surface area contributed by atoms with E-state index in [1.165, 1.54) is 0 Å². The van der Waals surface area contributed by atoms with Gasteiger partial charge >= 0.3 is 0 Å². The van der Waals surface area contributed by atoms with Gasteiger partial charge in [-0.1, -0.05) is 13.8 Å². The molecule has 2 rings (SSSR count). The zero-order valence-electron chi connectivity index (χ0n) is 7.50. The van der Waals surface area contributed by atoms with Gasteiger partial charge in [-0.2, -0.15) is 0 Å². The van der Waals surface area contributed by atoms with Crippen molar-refractivity contribution in [1.82, 2.24) is 4.98 Å². The fraction of sp³-hybridized carbons (Fsp3) is 0.667. The number of hydrogen-bond donors (Lipinski definition) is 1. The highest BCUT2D eigenvalue weighted by Gasteiger charge is 2.42. The van der Waals surface area contributed by atoms with Gasteiger partial charge in [-0.3, -0.25) is 0 Å². The average molecular weight is 166 g/mol. The third-order valence-electron chi connectivity index (χ3n) is 2.31. The molecule has 1 aliphatic carbocycles. The molecule has 0 spiro atoms. The Balaban J connectivity index is 2.25. The number of nitrogens with two attached hydrogens (primary N) is 1. The van der Waals surface area contributed by atoms with Crippen LogP contribution in [0.2, 0.25) is 0 Å². The second-order valence-corrected chi connectivity index (χ2v) is 3.88. The Morgan fingerprint density at radius 1 is 1.58 bits per heavy atom. The smallest absolute Gasteiger partial charge is 0.196 e. The molecule has 3 nitrogen and oxygen atoms in total. The Morgan fingerprint density at radius 3 is 2.67 bits per heavy atom. The van der Waals surface area contributed by atoms with E-state index in [1.807, 2.05) is 0 Å². The number of oxazole rings is 1. The summed E-state index contributed by atoms with van der Waals surface area (Å²) < 4.78 is 5.30. The molecule has 1 saturated carbocycles. The zero-order valence-corrected chi connectivity index (χ0v) is 7.50. The molecule has 0 aromatic carbocycles. The van der Waals surface area contributed by atoms with E-state index in [4.69, 9.17) is 10.2 Å². The fourth-order valence-electron chi connectivity index (χ4n) is 1.17. The van der Waals surface area contributed by atoms with Crippen LogP contribution in [-0.4, -0.2) is 4.98 Å². The van der Waals surface area contributed by atoms with Gasteiger partial charge < -0.3 is 10.2 Å². The summed E-state index contributed by atoms with van der Waals surface area (Å²) in [5.74, 6) is 1.14. The molecule has 12 heavy (non-hydrogen) atoms. The van der Waals surface area contributed by atoms with Crippen molar-refractivity contribution in [2.45, 2.75) is 38.1 Å². The summed E-state index contributed by atoms with van der Waals surface area (Å²) >= 11 is 0. The van der Waals surface area contributed by atoms with Crippen molar-refractivity contribution in [3.05, 3.63) is 17.8 Å². The zero-order chi connectivity index (χ0) is 8.77. The van der Waals surface area contributed by atoms with Gasteiger partial charge in [-0.15, -0.1) is 0 Å². The molecule has 1 aromatic rings. The van der Waals surface area contributed by atoms with Gasteiger partial charge in [0.25, 0.3) is 0 Å². The largest absolute Gasteiger partial charge is 0.448 e. The number of aromatic nitrogens is 1. The lowest BCUT2D eigenvalue weighted by Gasteiger charge is -2.00. The Hall–Kier alpha value is -0.830. The first kappa shape index (κ1) is 7.80. The van der Waals surface area contributed by atoms with Crippen LogP contribution in [0.25, 0.3) is 0 Å². The molecule has 1 aliphatic rings. The predicted octanol–water partition coefficient (Wildman–Crippen LogP) is 1.75. The summed E-state index contributed by atoms with van der Waals surface area (Å²) in [6, 6.07) is 0. The maximum absolute atomic E-state index is 5.96. The third-order valence-corrected chi connectivity index (χ3v) is 2.31. The minimum absolute atomic E-state index is 0.156. The Kier molecular flexibility index (Phi) is 1.51. The first-order valence-corrected chi connectivity index (χ1v) is 4.36. The molecular weight excluding hydrogens is 152 g/mol. The van der Waals surface area contributed by atoms with Crippen LogP contribution in [0.5, 0.6) is 0 Å². The van der Waals surface area contributed by atoms with Gasteiger partial charge in [0.15, 0.2) is 5.89 Å². The van der Waals surface area contributed by atoms with Gasteiger partial charge in [-0.05, 0) is 12.8 Å². The van der Waals surface area contributed by atoms with Gasteiger partial charge in [0.05, 0.1) is 11.2 Å². The summed E-state index contributed by atoms with van der Waals surface area (Å²) in [7, 11) is 0. The quantitative estimate of drug-likeness (QED) is 0.728. The SMILES string of the molecule is CC(C)c1nc(C2(N)CC2)co1. The van der Waals surface area contributed by atoms with Crippen LogP contribution < -0.4 is 5.73 Å². The maximum atomic E-state index is 5.96. The van der Waals surface area contributed by atoms with E-state index in [9.17, 15) is 0 Å². The van der Waals surface area contributed by atoms with Crippen LogP contribution in [0, 0.1) is 0 Å². The molecule has 1 aromatic heterocycles.